The minimum Gasteiger partial charge on any atom is -0.420 e. The maximum atomic E-state index is 9.69. The van der Waals surface area contributed by atoms with E-state index in [1.807, 2.05) is 6.92 Å². The van der Waals surface area contributed by atoms with Gasteiger partial charge in [0.1, 0.15) is 11.6 Å². The van der Waals surface area contributed by atoms with Gasteiger partial charge in [-0.25, -0.2) is 0 Å². The average Bonchev–Trinajstić information content (AvgIpc) is 2.78. The Labute approximate surface area is 124 Å². The van der Waals surface area contributed by atoms with E-state index in [2.05, 4.69) is 42.1 Å². The monoisotopic (exact) mass is 287 g/mol. The number of nitrogens with two attached hydrogens (primary N) is 1. The van der Waals surface area contributed by atoms with Crippen LogP contribution in [0.2, 0.25) is 0 Å². The van der Waals surface area contributed by atoms with Crippen molar-refractivity contribution < 1.29 is 4.74 Å². The highest BCUT2D eigenvalue weighted by atomic mass is 16.5. The number of hydrogen-bond acceptors (Lipinski definition) is 5. The van der Waals surface area contributed by atoms with Crippen LogP contribution in [0.4, 0.5) is 0 Å². The predicted octanol–water partition coefficient (Wildman–Crippen LogP) is 1.40. The molecule has 2 unspecified atom stereocenters. The number of nitrogens with zero attached hydrogens (tertiary/aromatic N) is 3. The molecule has 3 N–H and O–H groups in total. The van der Waals surface area contributed by atoms with Crippen LogP contribution in [0.5, 0.6) is 5.88 Å². The van der Waals surface area contributed by atoms with Gasteiger partial charge in [-0.3, -0.25) is 5.10 Å². The molecule has 1 aromatic heterocycles. The number of nitrogens with one attached hydrogen (secondary N) is 1. The second-order valence-electron chi connectivity index (χ2n) is 6.35. The lowest BCUT2D eigenvalue weighted by Gasteiger charge is -2.50. The first-order valence-corrected chi connectivity index (χ1v) is 7.25. The summed E-state index contributed by atoms with van der Waals surface area (Å²) in [6.45, 7) is 7.24. The van der Waals surface area contributed by atoms with Crippen LogP contribution < -0.4 is 10.5 Å². The molecule has 0 radical (unpaired) electrons. The van der Waals surface area contributed by atoms with Gasteiger partial charge in [-0.05, 0) is 33.2 Å². The Bertz CT molecular complexity index is 656. The number of allylic oxidation sites excluding steroid dienone is 1. The highest BCUT2D eigenvalue weighted by Crippen LogP contribution is 2.53. The van der Waals surface area contributed by atoms with Gasteiger partial charge in [0, 0.05) is 29.3 Å². The molecular formula is C15H21N5O. The van der Waals surface area contributed by atoms with E-state index in [4.69, 9.17) is 10.5 Å². The molecule has 3 atom stereocenters. The third kappa shape index (κ3) is 1.70. The van der Waals surface area contributed by atoms with Crippen molar-refractivity contribution in [2.24, 2.45) is 11.7 Å². The summed E-state index contributed by atoms with van der Waals surface area (Å²) in [5, 5.41) is 16.9. The first-order chi connectivity index (χ1) is 9.91. The van der Waals surface area contributed by atoms with Crippen molar-refractivity contribution in [2.75, 3.05) is 13.6 Å². The SMILES string of the molecule is Cc1[nH]nc2c1C1(CC(C)N(C)C[C@@H]1C)C(C#N)=C(N)O2. The van der Waals surface area contributed by atoms with Gasteiger partial charge in [-0.15, -0.1) is 5.10 Å². The number of H-pyrrole nitrogens is 1. The number of ether oxygens (including phenoxy) is 1. The summed E-state index contributed by atoms with van der Waals surface area (Å²) in [5.41, 5.74) is 8.12. The molecule has 2 aliphatic heterocycles. The maximum Gasteiger partial charge on any atom is 0.244 e. The van der Waals surface area contributed by atoms with Crippen LogP contribution in [0.15, 0.2) is 11.5 Å². The summed E-state index contributed by atoms with van der Waals surface area (Å²) in [6.07, 6.45) is 0.838. The first kappa shape index (κ1) is 14.0. The number of likely N-dealkylation sites (tertiary alicyclic amines) is 1. The van der Waals surface area contributed by atoms with E-state index in [1.165, 1.54) is 0 Å². The van der Waals surface area contributed by atoms with Crippen molar-refractivity contribution in [2.45, 2.75) is 38.6 Å². The molecule has 0 aromatic carbocycles. The Hall–Kier alpha value is -2.00. The standard InChI is InChI=1S/C15H21N5O/c1-8-7-20(4)9(2)5-15(8)11(6-16)13(17)21-14-12(15)10(3)18-19-14/h8-9H,5,7,17H2,1-4H3,(H,18,19)/t8-,9?,15?/m0/s1. The average molecular weight is 287 g/mol. The van der Waals surface area contributed by atoms with Gasteiger partial charge >= 0.3 is 0 Å². The number of piperidine rings is 1. The number of aryl methyl sites for hydroxylation is 1. The molecule has 0 aliphatic carbocycles. The number of aromatic nitrogens is 2. The van der Waals surface area contributed by atoms with Gasteiger partial charge in [0.2, 0.25) is 11.8 Å². The van der Waals surface area contributed by atoms with E-state index in [0.717, 1.165) is 24.2 Å². The molecule has 2 aliphatic rings. The van der Waals surface area contributed by atoms with Crippen LogP contribution in [0, 0.1) is 24.2 Å². The summed E-state index contributed by atoms with van der Waals surface area (Å²) < 4.78 is 5.57. The number of fused-ring (bicyclic) bond motifs is 2. The fraction of sp³-hybridized carbons (Fsp3) is 0.600. The van der Waals surface area contributed by atoms with Crippen molar-refractivity contribution >= 4 is 0 Å². The van der Waals surface area contributed by atoms with E-state index < -0.39 is 5.41 Å². The van der Waals surface area contributed by atoms with Gasteiger partial charge in [0.05, 0.1) is 0 Å². The van der Waals surface area contributed by atoms with E-state index in [9.17, 15) is 5.26 Å². The van der Waals surface area contributed by atoms with Crippen LogP contribution in [-0.4, -0.2) is 34.7 Å². The van der Waals surface area contributed by atoms with Crippen molar-refractivity contribution in [1.82, 2.24) is 15.1 Å². The first-order valence-electron chi connectivity index (χ1n) is 7.25. The van der Waals surface area contributed by atoms with Crippen LogP contribution in [0.25, 0.3) is 0 Å². The second kappa shape index (κ2) is 4.50. The zero-order chi connectivity index (χ0) is 15.4. The molecule has 1 aromatic rings. The third-order valence-electron chi connectivity index (χ3n) is 5.14. The van der Waals surface area contributed by atoms with Crippen molar-refractivity contribution in [3.63, 3.8) is 0 Å². The predicted molar refractivity (Wildman–Crippen MR) is 78.3 cm³/mol. The van der Waals surface area contributed by atoms with Gasteiger partial charge < -0.3 is 15.4 Å². The van der Waals surface area contributed by atoms with Crippen LogP contribution >= 0.6 is 0 Å². The Balaban J connectivity index is 2.26. The molecule has 1 spiro atoms. The second-order valence-corrected chi connectivity index (χ2v) is 6.35. The zero-order valence-corrected chi connectivity index (χ0v) is 12.9. The molecule has 0 amide bonds. The molecule has 1 fully saturated rings. The third-order valence-corrected chi connectivity index (χ3v) is 5.14. The van der Waals surface area contributed by atoms with Crippen LogP contribution in [0.1, 0.15) is 31.5 Å². The highest BCUT2D eigenvalue weighted by molar-refractivity contribution is 5.55. The number of rotatable bonds is 0. The molecule has 1 saturated heterocycles. The zero-order valence-electron chi connectivity index (χ0n) is 12.9. The lowest BCUT2D eigenvalue weighted by molar-refractivity contribution is 0.0888. The summed E-state index contributed by atoms with van der Waals surface area (Å²) in [6, 6.07) is 2.67. The van der Waals surface area contributed by atoms with Crippen LogP contribution in [-0.2, 0) is 5.41 Å². The van der Waals surface area contributed by atoms with Gasteiger partial charge in [0.15, 0.2) is 0 Å². The quantitative estimate of drug-likeness (QED) is 0.752. The molecule has 0 bridgehead atoms. The summed E-state index contributed by atoms with van der Waals surface area (Å²) in [7, 11) is 2.12. The molecule has 6 heteroatoms. The van der Waals surface area contributed by atoms with Crippen molar-refractivity contribution in [1.29, 1.82) is 5.26 Å². The lowest BCUT2D eigenvalue weighted by Crippen LogP contribution is -2.54. The Kier molecular flexibility index (Phi) is 2.99. The van der Waals surface area contributed by atoms with Crippen molar-refractivity contribution in [3.05, 3.63) is 22.7 Å². The molecule has 3 heterocycles. The minimum atomic E-state index is -0.407. The number of aromatic amines is 1. The molecule has 3 rings (SSSR count). The fourth-order valence-electron chi connectivity index (χ4n) is 3.95. The van der Waals surface area contributed by atoms with Gasteiger partial charge in [-0.2, -0.15) is 5.26 Å². The topological polar surface area (TPSA) is 91.0 Å². The molecule has 6 nitrogen and oxygen atoms in total. The smallest absolute Gasteiger partial charge is 0.244 e. The molecule has 21 heavy (non-hydrogen) atoms. The largest absolute Gasteiger partial charge is 0.420 e. The summed E-state index contributed by atoms with van der Waals surface area (Å²) in [4.78, 5) is 2.33. The van der Waals surface area contributed by atoms with Gasteiger partial charge in [0.25, 0.3) is 0 Å². The van der Waals surface area contributed by atoms with E-state index >= 15 is 0 Å². The fourth-order valence-corrected chi connectivity index (χ4v) is 3.95. The van der Waals surface area contributed by atoms with E-state index in [-0.39, 0.29) is 11.8 Å². The molecular weight excluding hydrogens is 266 g/mol. The number of hydrogen-bond donors (Lipinski definition) is 2. The van der Waals surface area contributed by atoms with Crippen LogP contribution in [0.3, 0.4) is 0 Å². The summed E-state index contributed by atoms with van der Waals surface area (Å²) in [5.74, 6) is 0.971. The Morgan fingerprint density at radius 3 is 2.90 bits per heavy atom. The van der Waals surface area contributed by atoms with Gasteiger partial charge in [-0.1, -0.05) is 6.92 Å². The highest BCUT2D eigenvalue weighted by Gasteiger charge is 2.53. The Morgan fingerprint density at radius 2 is 2.24 bits per heavy atom. The lowest BCUT2D eigenvalue weighted by atomic mass is 9.60. The Morgan fingerprint density at radius 1 is 1.52 bits per heavy atom. The summed E-state index contributed by atoms with van der Waals surface area (Å²) >= 11 is 0. The van der Waals surface area contributed by atoms with E-state index in [1.54, 1.807) is 0 Å². The molecule has 0 saturated carbocycles. The van der Waals surface area contributed by atoms with E-state index in [0.29, 0.717) is 17.5 Å². The minimum absolute atomic E-state index is 0.195. The van der Waals surface area contributed by atoms with Crippen molar-refractivity contribution in [3.8, 4) is 11.9 Å². The molecule has 112 valence electrons. The number of nitriles is 1. The normalized spacial score (nSPS) is 32.7. The maximum absolute atomic E-state index is 9.69.